The number of hydrogen-bond donors (Lipinski definition) is 0. The van der Waals surface area contributed by atoms with E-state index >= 15 is 0 Å². The van der Waals surface area contributed by atoms with Gasteiger partial charge in [0, 0.05) is 12.6 Å². The molecule has 0 fully saturated rings. The lowest BCUT2D eigenvalue weighted by Crippen LogP contribution is -2.38. The van der Waals surface area contributed by atoms with E-state index in [0.717, 1.165) is 17.9 Å². The van der Waals surface area contributed by atoms with Gasteiger partial charge in [0.05, 0.1) is 17.9 Å². The predicted molar refractivity (Wildman–Crippen MR) is 105 cm³/mol. The molecule has 0 aliphatic carbocycles. The number of carbonyl (C=O) groups is 1. The Morgan fingerprint density at radius 3 is 2.19 bits per heavy atom. The molecule has 0 saturated carbocycles. The maximum Gasteiger partial charge on any atom is 0.245 e. The molecule has 3 aromatic carbocycles. The summed E-state index contributed by atoms with van der Waals surface area (Å²) >= 11 is 0. The van der Waals surface area contributed by atoms with E-state index in [1.807, 2.05) is 48.5 Å². The maximum atomic E-state index is 13.4. The van der Waals surface area contributed by atoms with Crippen molar-refractivity contribution in [2.24, 2.45) is 0 Å². The highest BCUT2D eigenvalue weighted by molar-refractivity contribution is 6.05. The van der Waals surface area contributed by atoms with Crippen LogP contribution in [0.1, 0.15) is 24.1 Å². The molecule has 5 rings (SSSR count). The van der Waals surface area contributed by atoms with E-state index in [0.29, 0.717) is 18.0 Å². The van der Waals surface area contributed by atoms with Gasteiger partial charge in [-0.2, -0.15) is 0 Å². The Balaban J connectivity index is 1.48. The van der Waals surface area contributed by atoms with Gasteiger partial charge >= 0.3 is 0 Å². The van der Waals surface area contributed by atoms with Gasteiger partial charge in [0.15, 0.2) is 11.5 Å². The largest absolute Gasteiger partial charge is 0.453 e. The Morgan fingerprint density at radius 2 is 1.52 bits per heavy atom. The van der Waals surface area contributed by atoms with Gasteiger partial charge < -0.3 is 4.74 Å². The molecule has 0 spiro atoms. The minimum atomic E-state index is 0.0536. The van der Waals surface area contributed by atoms with E-state index in [2.05, 4.69) is 36.1 Å². The van der Waals surface area contributed by atoms with Crippen molar-refractivity contribution in [3.63, 3.8) is 0 Å². The number of benzene rings is 3. The first-order chi connectivity index (χ1) is 13.2. The zero-order chi connectivity index (χ0) is 18.4. The lowest BCUT2D eigenvalue weighted by Gasteiger charge is -2.32. The van der Waals surface area contributed by atoms with Crippen LogP contribution in [0.25, 0.3) is 0 Å². The molecule has 27 heavy (non-hydrogen) atoms. The van der Waals surface area contributed by atoms with Crippen LogP contribution in [0.15, 0.2) is 72.8 Å². The Morgan fingerprint density at radius 1 is 0.926 bits per heavy atom. The molecular formula is C23H20N2O2. The van der Waals surface area contributed by atoms with Crippen molar-refractivity contribution in [3.8, 4) is 11.5 Å². The topological polar surface area (TPSA) is 32.8 Å². The second-order valence-electron chi connectivity index (χ2n) is 7.05. The van der Waals surface area contributed by atoms with Crippen LogP contribution in [-0.4, -0.2) is 17.4 Å². The van der Waals surface area contributed by atoms with Crippen molar-refractivity contribution in [1.82, 2.24) is 4.90 Å². The zero-order valence-electron chi connectivity index (χ0n) is 15.1. The fourth-order valence-electron chi connectivity index (χ4n) is 4.05. The summed E-state index contributed by atoms with van der Waals surface area (Å²) in [5.41, 5.74) is 4.21. The molecule has 1 atom stereocenters. The molecule has 134 valence electrons. The molecule has 2 aliphatic heterocycles. The molecule has 1 unspecified atom stereocenters. The van der Waals surface area contributed by atoms with Crippen molar-refractivity contribution in [2.45, 2.75) is 19.5 Å². The molecule has 0 saturated heterocycles. The summed E-state index contributed by atoms with van der Waals surface area (Å²) in [4.78, 5) is 17.4. The summed E-state index contributed by atoms with van der Waals surface area (Å²) in [6.07, 6.45) is 0. The Labute approximate surface area is 158 Å². The zero-order valence-corrected chi connectivity index (χ0v) is 15.1. The minimum absolute atomic E-state index is 0.0536. The van der Waals surface area contributed by atoms with Crippen molar-refractivity contribution in [3.05, 3.63) is 83.9 Å². The third kappa shape index (κ3) is 2.61. The molecular weight excluding hydrogens is 336 g/mol. The van der Waals surface area contributed by atoms with Gasteiger partial charge in [0.1, 0.15) is 0 Å². The van der Waals surface area contributed by atoms with Gasteiger partial charge in [-0.1, -0.05) is 48.5 Å². The average Bonchev–Trinajstić information content (AvgIpc) is 3.01. The first-order valence-corrected chi connectivity index (χ1v) is 9.23. The molecule has 0 aromatic heterocycles. The van der Waals surface area contributed by atoms with Crippen molar-refractivity contribution in [1.29, 1.82) is 0 Å². The summed E-state index contributed by atoms with van der Waals surface area (Å²) in [5, 5.41) is 0. The van der Waals surface area contributed by atoms with Crippen LogP contribution < -0.4 is 9.64 Å². The summed E-state index contributed by atoms with van der Waals surface area (Å²) in [6.45, 7) is 3.33. The van der Waals surface area contributed by atoms with Crippen LogP contribution in [0.3, 0.4) is 0 Å². The number of anilines is 2. The molecule has 3 aromatic rings. The van der Waals surface area contributed by atoms with E-state index < -0.39 is 0 Å². The van der Waals surface area contributed by atoms with Gasteiger partial charge in [-0.3, -0.25) is 14.6 Å². The number of rotatable bonds is 2. The molecule has 2 heterocycles. The van der Waals surface area contributed by atoms with Crippen LogP contribution in [0, 0.1) is 0 Å². The number of para-hydroxylation sites is 4. The van der Waals surface area contributed by atoms with Gasteiger partial charge in [0.2, 0.25) is 5.91 Å². The quantitative estimate of drug-likeness (QED) is 0.645. The number of nitrogens with zero attached hydrogens (tertiary/aromatic N) is 2. The second kappa shape index (κ2) is 6.25. The van der Waals surface area contributed by atoms with Crippen LogP contribution >= 0.6 is 0 Å². The Hall–Kier alpha value is -3.11. The highest BCUT2D eigenvalue weighted by atomic mass is 16.5. The number of hydrogen-bond acceptors (Lipinski definition) is 3. The fourth-order valence-corrected chi connectivity index (χ4v) is 4.05. The first kappa shape index (κ1) is 16.1. The molecule has 4 heteroatoms. The van der Waals surface area contributed by atoms with E-state index in [9.17, 15) is 4.79 Å². The minimum Gasteiger partial charge on any atom is -0.453 e. The van der Waals surface area contributed by atoms with E-state index in [1.54, 1.807) is 4.90 Å². The van der Waals surface area contributed by atoms with Crippen molar-refractivity contribution >= 4 is 17.3 Å². The third-order valence-corrected chi connectivity index (χ3v) is 5.45. The SMILES string of the molecule is CC1c2ccccc2CN1CC(=O)N1c2ccccc2Oc2ccccc21. The predicted octanol–water partition coefficient (Wildman–Crippen LogP) is 5.03. The normalized spacial score (nSPS) is 17.7. The van der Waals surface area contributed by atoms with Gasteiger partial charge in [-0.15, -0.1) is 0 Å². The van der Waals surface area contributed by atoms with Crippen LogP contribution in [-0.2, 0) is 11.3 Å². The highest BCUT2D eigenvalue weighted by Crippen LogP contribution is 2.46. The summed E-state index contributed by atoms with van der Waals surface area (Å²) in [7, 11) is 0. The number of carbonyl (C=O) groups excluding carboxylic acids is 1. The van der Waals surface area contributed by atoms with Crippen LogP contribution in [0.2, 0.25) is 0 Å². The lowest BCUT2D eigenvalue weighted by molar-refractivity contribution is -0.119. The molecule has 1 amide bonds. The highest BCUT2D eigenvalue weighted by Gasteiger charge is 2.33. The van der Waals surface area contributed by atoms with E-state index in [4.69, 9.17) is 4.74 Å². The van der Waals surface area contributed by atoms with Gasteiger partial charge in [0.25, 0.3) is 0 Å². The molecule has 4 nitrogen and oxygen atoms in total. The fraction of sp³-hybridized carbons (Fsp3) is 0.174. The average molecular weight is 356 g/mol. The Kier molecular flexibility index (Phi) is 3.73. The third-order valence-electron chi connectivity index (χ3n) is 5.45. The van der Waals surface area contributed by atoms with E-state index in [1.165, 1.54) is 11.1 Å². The maximum absolute atomic E-state index is 13.4. The molecule has 2 aliphatic rings. The first-order valence-electron chi connectivity index (χ1n) is 9.23. The lowest BCUT2D eigenvalue weighted by atomic mass is 10.1. The van der Waals surface area contributed by atoms with Gasteiger partial charge in [-0.25, -0.2) is 0 Å². The Bertz CT molecular complexity index is 985. The number of ether oxygens (including phenoxy) is 1. The van der Waals surface area contributed by atoms with Gasteiger partial charge in [-0.05, 0) is 42.3 Å². The smallest absolute Gasteiger partial charge is 0.245 e. The molecule has 0 N–H and O–H groups in total. The molecule has 0 bridgehead atoms. The second-order valence-corrected chi connectivity index (χ2v) is 7.05. The number of fused-ring (bicyclic) bond motifs is 3. The number of amides is 1. The standard InChI is InChI=1S/C23H20N2O2/c1-16-18-9-3-2-8-17(18)14-24(16)15-23(26)25-19-10-4-6-12-21(19)27-22-13-7-5-11-20(22)25/h2-13,16H,14-15H2,1H3. The van der Waals surface area contributed by atoms with Crippen LogP contribution in [0.4, 0.5) is 11.4 Å². The summed E-state index contributed by atoms with van der Waals surface area (Å²) < 4.78 is 5.99. The van der Waals surface area contributed by atoms with Crippen molar-refractivity contribution < 1.29 is 9.53 Å². The monoisotopic (exact) mass is 356 g/mol. The van der Waals surface area contributed by atoms with E-state index in [-0.39, 0.29) is 11.9 Å². The summed E-state index contributed by atoms with van der Waals surface area (Å²) in [6, 6.07) is 24.1. The molecule has 0 radical (unpaired) electrons. The summed E-state index contributed by atoms with van der Waals surface area (Å²) in [5.74, 6) is 1.47. The van der Waals surface area contributed by atoms with Crippen molar-refractivity contribution in [2.75, 3.05) is 11.4 Å². The van der Waals surface area contributed by atoms with Crippen LogP contribution in [0.5, 0.6) is 11.5 Å².